The fraction of sp³-hybridized carbons (Fsp3) is 0.667. The molecule has 0 spiro atoms. The quantitative estimate of drug-likeness (QED) is 0.561. The van der Waals surface area contributed by atoms with Crippen LogP contribution in [0.2, 0.25) is 0 Å². The third-order valence-electron chi connectivity index (χ3n) is 2.54. The summed E-state index contributed by atoms with van der Waals surface area (Å²) in [5, 5.41) is 2.79. The Hall–Kier alpha value is -1.43. The fourth-order valence-corrected chi connectivity index (χ4v) is 1.53. The van der Waals surface area contributed by atoms with E-state index in [9.17, 15) is 14.4 Å². The first kappa shape index (κ1) is 11.6. The summed E-state index contributed by atoms with van der Waals surface area (Å²) in [6.45, 7) is 1.79. The maximum atomic E-state index is 11.5. The molecule has 6 nitrogen and oxygen atoms in total. The number of primary amides is 1. The summed E-state index contributed by atoms with van der Waals surface area (Å²) in [4.78, 5) is 34.7. The Labute approximate surface area is 87.8 Å². The van der Waals surface area contributed by atoms with Crippen molar-refractivity contribution in [2.24, 2.45) is 5.73 Å². The zero-order chi connectivity index (χ0) is 11.6. The number of nitrogens with zero attached hydrogens (tertiary/aromatic N) is 1. The summed E-state index contributed by atoms with van der Waals surface area (Å²) >= 11 is 0. The molecule has 1 aliphatic rings. The van der Waals surface area contributed by atoms with Crippen molar-refractivity contribution in [2.75, 3.05) is 7.05 Å². The van der Waals surface area contributed by atoms with Crippen LogP contribution in [0.4, 0.5) is 0 Å². The van der Waals surface area contributed by atoms with Gasteiger partial charge in [-0.3, -0.25) is 24.6 Å². The Morgan fingerprint density at radius 3 is 2.60 bits per heavy atom. The molecule has 0 radical (unpaired) electrons. The van der Waals surface area contributed by atoms with Crippen LogP contribution in [0.15, 0.2) is 0 Å². The number of carbonyl (C=O) groups excluding carboxylic acids is 3. The zero-order valence-corrected chi connectivity index (χ0v) is 8.82. The number of hydrogen-bond acceptors (Lipinski definition) is 4. The molecular formula is C9H15N3O3. The van der Waals surface area contributed by atoms with E-state index in [1.165, 1.54) is 7.05 Å². The van der Waals surface area contributed by atoms with E-state index in [2.05, 4.69) is 5.32 Å². The van der Waals surface area contributed by atoms with Gasteiger partial charge in [0.2, 0.25) is 17.7 Å². The summed E-state index contributed by atoms with van der Waals surface area (Å²) in [6.07, 6.45) is 0.593. The molecule has 1 saturated heterocycles. The van der Waals surface area contributed by atoms with Crippen LogP contribution in [0.1, 0.15) is 19.8 Å². The van der Waals surface area contributed by atoms with Gasteiger partial charge < -0.3 is 5.73 Å². The topological polar surface area (TPSA) is 92.5 Å². The number of carbonyl (C=O) groups is 3. The molecule has 1 heterocycles. The molecule has 0 aromatic rings. The van der Waals surface area contributed by atoms with Crippen molar-refractivity contribution in [2.45, 2.75) is 31.8 Å². The third-order valence-corrected chi connectivity index (χ3v) is 2.54. The van der Waals surface area contributed by atoms with Crippen LogP contribution in [-0.2, 0) is 14.4 Å². The van der Waals surface area contributed by atoms with Gasteiger partial charge in [-0.2, -0.15) is 0 Å². The maximum absolute atomic E-state index is 11.5. The largest absolute Gasteiger partial charge is 0.368 e. The number of likely N-dealkylation sites (N-methyl/N-ethyl adjacent to an activating group) is 1. The minimum absolute atomic E-state index is 0.0963. The van der Waals surface area contributed by atoms with Gasteiger partial charge in [-0.05, 0) is 6.42 Å². The first-order valence-electron chi connectivity index (χ1n) is 4.83. The van der Waals surface area contributed by atoms with Crippen LogP contribution in [0, 0.1) is 0 Å². The average Bonchev–Trinajstić information content (AvgIpc) is 2.42. The van der Waals surface area contributed by atoms with Crippen molar-refractivity contribution in [3.8, 4) is 0 Å². The van der Waals surface area contributed by atoms with Crippen LogP contribution in [0.5, 0.6) is 0 Å². The lowest BCUT2D eigenvalue weighted by atomic mass is 10.1. The molecule has 3 N–H and O–H groups in total. The molecule has 0 aromatic heterocycles. The first-order valence-corrected chi connectivity index (χ1v) is 4.83. The predicted molar refractivity (Wildman–Crippen MR) is 52.6 cm³/mol. The van der Waals surface area contributed by atoms with Gasteiger partial charge in [0.25, 0.3) is 0 Å². The van der Waals surface area contributed by atoms with Gasteiger partial charge in [-0.1, -0.05) is 6.92 Å². The molecule has 3 amide bonds. The predicted octanol–water partition coefficient (Wildman–Crippen LogP) is -1.40. The Bertz CT molecular complexity index is 303. The zero-order valence-electron chi connectivity index (χ0n) is 8.82. The molecule has 1 fully saturated rings. The van der Waals surface area contributed by atoms with Crippen LogP contribution >= 0.6 is 0 Å². The van der Waals surface area contributed by atoms with Crippen LogP contribution < -0.4 is 11.1 Å². The minimum Gasteiger partial charge on any atom is -0.368 e. The second-order valence-corrected chi connectivity index (χ2v) is 3.58. The molecule has 0 saturated carbocycles. The van der Waals surface area contributed by atoms with Crippen molar-refractivity contribution >= 4 is 17.7 Å². The molecule has 15 heavy (non-hydrogen) atoms. The normalized spacial score (nSPS) is 23.3. The van der Waals surface area contributed by atoms with Gasteiger partial charge in [-0.15, -0.1) is 0 Å². The van der Waals surface area contributed by atoms with Gasteiger partial charge >= 0.3 is 0 Å². The third kappa shape index (κ3) is 2.33. The van der Waals surface area contributed by atoms with Crippen molar-refractivity contribution < 1.29 is 14.4 Å². The lowest BCUT2D eigenvalue weighted by Gasteiger charge is -2.17. The Morgan fingerprint density at radius 2 is 2.27 bits per heavy atom. The van der Waals surface area contributed by atoms with Crippen molar-refractivity contribution in [1.82, 2.24) is 10.2 Å². The van der Waals surface area contributed by atoms with E-state index in [0.29, 0.717) is 6.42 Å². The summed E-state index contributed by atoms with van der Waals surface area (Å²) in [7, 11) is 1.43. The van der Waals surface area contributed by atoms with E-state index in [-0.39, 0.29) is 18.2 Å². The van der Waals surface area contributed by atoms with E-state index in [1.807, 2.05) is 0 Å². The van der Waals surface area contributed by atoms with E-state index in [1.54, 1.807) is 6.92 Å². The number of imide groups is 1. The first-order chi connectivity index (χ1) is 6.97. The molecule has 0 aliphatic carbocycles. The van der Waals surface area contributed by atoms with Gasteiger partial charge in [0.1, 0.15) is 0 Å². The minimum atomic E-state index is -0.611. The van der Waals surface area contributed by atoms with E-state index in [4.69, 9.17) is 5.73 Å². The van der Waals surface area contributed by atoms with Gasteiger partial charge in [0.15, 0.2) is 0 Å². The van der Waals surface area contributed by atoms with E-state index < -0.39 is 18.0 Å². The van der Waals surface area contributed by atoms with Gasteiger partial charge in [0.05, 0.1) is 18.5 Å². The number of rotatable bonds is 4. The lowest BCUT2D eigenvalue weighted by molar-refractivity contribution is -0.137. The molecule has 1 rings (SSSR count). The summed E-state index contributed by atoms with van der Waals surface area (Å²) in [6, 6.07) is -1.17. The monoisotopic (exact) mass is 213 g/mol. The highest BCUT2D eigenvalue weighted by molar-refractivity contribution is 6.05. The van der Waals surface area contributed by atoms with Crippen molar-refractivity contribution in [3.63, 3.8) is 0 Å². The van der Waals surface area contributed by atoms with Crippen molar-refractivity contribution in [1.29, 1.82) is 0 Å². The smallest absolute Gasteiger partial charge is 0.246 e. The van der Waals surface area contributed by atoms with Gasteiger partial charge in [0, 0.05) is 7.05 Å². The second kappa shape index (κ2) is 4.39. The number of hydrogen-bond donors (Lipinski definition) is 2. The Kier molecular flexibility index (Phi) is 3.41. The SMILES string of the molecule is CCC(NC1CC(=O)N(C)C1=O)C(N)=O. The molecule has 0 bridgehead atoms. The van der Waals surface area contributed by atoms with Crippen LogP contribution in [0.3, 0.4) is 0 Å². The number of amides is 3. The standard InChI is InChI=1S/C9H15N3O3/c1-3-5(8(10)14)11-6-4-7(13)12(2)9(6)15/h5-6,11H,3-4H2,1-2H3,(H2,10,14). The highest BCUT2D eigenvalue weighted by Crippen LogP contribution is 2.11. The van der Waals surface area contributed by atoms with E-state index >= 15 is 0 Å². The average molecular weight is 213 g/mol. The number of nitrogens with two attached hydrogens (primary N) is 1. The number of nitrogens with one attached hydrogen (secondary N) is 1. The second-order valence-electron chi connectivity index (χ2n) is 3.58. The number of likely N-dealkylation sites (tertiary alicyclic amines) is 1. The molecule has 0 aromatic carbocycles. The lowest BCUT2D eigenvalue weighted by Crippen LogP contribution is -2.48. The summed E-state index contributed by atoms with van der Waals surface area (Å²) in [5.41, 5.74) is 5.13. The van der Waals surface area contributed by atoms with Gasteiger partial charge in [-0.25, -0.2) is 0 Å². The van der Waals surface area contributed by atoms with Crippen LogP contribution in [-0.4, -0.2) is 41.8 Å². The molecule has 84 valence electrons. The van der Waals surface area contributed by atoms with Crippen LogP contribution in [0.25, 0.3) is 0 Å². The molecular weight excluding hydrogens is 198 g/mol. The molecule has 1 aliphatic heterocycles. The highest BCUT2D eigenvalue weighted by Gasteiger charge is 2.37. The Morgan fingerprint density at radius 1 is 1.67 bits per heavy atom. The summed E-state index contributed by atoms with van der Waals surface area (Å²) in [5.74, 6) is -1.05. The Balaban J connectivity index is 2.63. The highest BCUT2D eigenvalue weighted by atomic mass is 16.2. The molecule has 2 atom stereocenters. The summed E-state index contributed by atoms with van der Waals surface area (Å²) < 4.78 is 0. The molecule has 6 heteroatoms. The molecule has 2 unspecified atom stereocenters. The fourth-order valence-electron chi connectivity index (χ4n) is 1.53. The van der Waals surface area contributed by atoms with E-state index in [0.717, 1.165) is 4.90 Å². The maximum Gasteiger partial charge on any atom is 0.246 e. The van der Waals surface area contributed by atoms with Crippen molar-refractivity contribution in [3.05, 3.63) is 0 Å².